The minimum absolute atomic E-state index is 0.00246. The van der Waals surface area contributed by atoms with E-state index < -0.39 is 35.9 Å². The Hall–Kier alpha value is -2.26. The first kappa shape index (κ1) is 22.8. The maximum Gasteiger partial charge on any atom is 0.326 e. The van der Waals surface area contributed by atoms with Gasteiger partial charge in [0.1, 0.15) is 17.8 Å². The van der Waals surface area contributed by atoms with Crippen molar-refractivity contribution in [3.05, 3.63) is 29.8 Å². The number of carbonyl (C=O) groups excluding carboxylic acids is 2. The van der Waals surface area contributed by atoms with Gasteiger partial charge in [-0.2, -0.15) is 12.6 Å². The van der Waals surface area contributed by atoms with Gasteiger partial charge in [-0.25, -0.2) is 4.79 Å². The molecule has 9 heteroatoms. The van der Waals surface area contributed by atoms with Crippen LogP contribution in [0.3, 0.4) is 0 Å². The molecule has 0 saturated carbocycles. The number of aromatic hydroxyl groups is 1. The van der Waals surface area contributed by atoms with Crippen LogP contribution in [0.4, 0.5) is 0 Å². The molecule has 0 heterocycles. The molecule has 0 aliphatic heterocycles. The summed E-state index contributed by atoms with van der Waals surface area (Å²) in [4.78, 5) is 36.0. The van der Waals surface area contributed by atoms with Crippen molar-refractivity contribution in [1.82, 2.24) is 10.6 Å². The molecule has 27 heavy (non-hydrogen) atoms. The summed E-state index contributed by atoms with van der Waals surface area (Å²) >= 11 is 4.06. The number of amides is 2. The van der Waals surface area contributed by atoms with Gasteiger partial charge in [0.15, 0.2) is 0 Å². The molecular weight excluding hydrogens is 370 g/mol. The summed E-state index contributed by atoms with van der Waals surface area (Å²) in [5, 5.41) is 23.6. The van der Waals surface area contributed by atoms with Crippen LogP contribution in [0.1, 0.15) is 25.8 Å². The SMILES string of the molecule is CC(C)C[C@H](N)C(=O)N[C@@H](CS)C(=O)N[C@@H](Cc1ccc(O)cc1)C(=O)O. The highest BCUT2D eigenvalue weighted by atomic mass is 32.1. The summed E-state index contributed by atoms with van der Waals surface area (Å²) < 4.78 is 0. The highest BCUT2D eigenvalue weighted by molar-refractivity contribution is 7.80. The van der Waals surface area contributed by atoms with Crippen molar-refractivity contribution in [1.29, 1.82) is 0 Å². The summed E-state index contributed by atoms with van der Waals surface area (Å²) in [5.41, 5.74) is 6.43. The molecule has 3 atom stereocenters. The molecule has 0 unspecified atom stereocenters. The van der Waals surface area contributed by atoms with Gasteiger partial charge in [-0.3, -0.25) is 9.59 Å². The maximum atomic E-state index is 12.4. The summed E-state index contributed by atoms with van der Waals surface area (Å²) in [6.45, 7) is 3.85. The molecule has 2 amide bonds. The fourth-order valence-corrected chi connectivity index (χ4v) is 2.69. The average Bonchev–Trinajstić information content (AvgIpc) is 2.59. The lowest BCUT2D eigenvalue weighted by Gasteiger charge is -2.22. The van der Waals surface area contributed by atoms with Crippen LogP contribution in [0.2, 0.25) is 0 Å². The molecule has 6 N–H and O–H groups in total. The second-order valence-corrected chi connectivity index (χ2v) is 7.11. The number of thiol groups is 1. The molecule has 0 radical (unpaired) electrons. The first-order chi connectivity index (χ1) is 12.6. The van der Waals surface area contributed by atoms with Gasteiger partial charge in [0, 0.05) is 12.2 Å². The molecule has 1 aromatic carbocycles. The molecule has 0 aliphatic carbocycles. The van der Waals surface area contributed by atoms with Crippen molar-refractivity contribution in [2.45, 2.75) is 44.8 Å². The number of benzene rings is 1. The van der Waals surface area contributed by atoms with Gasteiger partial charge < -0.3 is 26.6 Å². The predicted molar refractivity (Wildman–Crippen MR) is 105 cm³/mol. The lowest BCUT2D eigenvalue weighted by atomic mass is 10.0. The lowest BCUT2D eigenvalue weighted by molar-refractivity contribution is -0.142. The van der Waals surface area contributed by atoms with Crippen LogP contribution in [0.15, 0.2) is 24.3 Å². The van der Waals surface area contributed by atoms with E-state index in [4.69, 9.17) is 5.73 Å². The van der Waals surface area contributed by atoms with Crippen LogP contribution in [-0.4, -0.2) is 51.9 Å². The van der Waals surface area contributed by atoms with E-state index in [0.29, 0.717) is 12.0 Å². The van der Waals surface area contributed by atoms with Crippen LogP contribution in [0.5, 0.6) is 5.75 Å². The number of nitrogens with one attached hydrogen (secondary N) is 2. The molecule has 0 aromatic heterocycles. The van der Waals surface area contributed by atoms with Gasteiger partial charge >= 0.3 is 5.97 Å². The third kappa shape index (κ3) is 7.88. The number of nitrogens with two attached hydrogens (primary N) is 1. The largest absolute Gasteiger partial charge is 0.508 e. The van der Waals surface area contributed by atoms with Crippen LogP contribution >= 0.6 is 12.6 Å². The van der Waals surface area contributed by atoms with E-state index in [2.05, 4.69) is 23.3 Å². The van der Waals surface area contributed by atoms with Gasteiger partial charge in [-0.15, -0.1) is 0 Å². The Bertz CT molecular complexity index is 651. The Morgan fingerprint density at radius 1 is 1.07 bits per heavy atom. The minimum atomic E-state index is -1.21. The number of phenolic OH excluding ortho intramolecular Hbond substituents is 1. The Morgan fingerprint density at radius 3 is 2.11 bits per heavy atom. The first-order valence-electron chi connectivity index (χ1n) is 8.62. The summed E-state index contributed by atoms with van der Waals surface area (Å²) in [7, 11) is 0. The van der Waals surface area contributed by atoms with Gasteiger partial charge in [-0.05, 0) is 30.0 Å². The predicted octanol–water partition coefficient (Wildman–Crippen LogP) is 0.292. The van der Waals surface area contributed by atoms with Gasteiger partial charge in [-0.1, -0.05) is 26.0 Å². The van der Waals surface area contributed by atoms with Crippen molar-refractivity contribution in [2.75, 3.05) is 5.75 Å². The van der Waals surface area contributed by atoms with E-state index in [1.54, 1.807) is 12.1 Å². The van der Waals surface area contributed by atoms with E-state index in [1.807, 2.05) is 13.8 Å². The smallest absolute Gasteiger partial charge is 0.326 e. The number of carboxylic acids is 1. The van der Waals surface area contributed by atoms with Crippen molar-refractivity contribution in [3.63, 3.8) is 0 Å². The maximum absolute atomic E-state index is 12.4. The zero-order valence-corrected chi connectivity index (χ0v) is 16.3. The van der Waals surface area contributed by atoms with Crippen LogP contribution in [0, 0.1) is 5.92 Å². The number of carboxylic acid groups (broad SMARTS) is 1. The van der Waals surface area contributed by atoms with Crippen LogP contribution in [-0.2, 0) is 20.8 Å². The molecular formula is C18H27N3O5S. The van der Waals surface area contributed by atoms with E-state index in [9.17, 15) is 24.6 Å². The second-order valence-electron chi connectivity index (χ2n) is 6.75. The molecule has 0 fully saturated rings. The number of carbonyl (C=O) groups is 3. The van der Waals surface area contributed by atoms with Gasteiger partial charge in [0.2, 0.25) is 11.8 Å². The number of phenols is 1. The van der Waals surface area contributed by atoms with Crippen molar-refractivity contribution in [3.8, 4) is 5.75 Å². The molecule has 8 nitrogen and oxygen atoms in total. The standard InChI is InChI=1S/C18H27N3O5S/c1-10(2)7-13(19)16(23)21-15(9-27)17(24)20-14(18(25)26)8-11-3-5-12(22)6-4-11/h3-6,10,13-15,22,27H,7-9,19H2,1-2H3,(H,20,24)(H,21,23)(H,25,26)/t13-,14-,15-/m0/s1. The zero-order valence-electron chi connectivity index (χ0n) is 15.4. The van der Waals surface area contributed by atoms with Crippen molar-refractivity contribution in [2.24, 2.45) is 11.7 Å². The fourth-order valence-electron chi connectivity index (χ4n) is 2.43. The molecule has 150 valence electrons. The molecule has 0 spiro atoms. The van der Waals surface area contributed by atoms with Crippen molar-refractivity contribution < 1.29 is 24.6 Å². The molecule has 1 aromatic rings. The van der Waals surface area contributed by atoms with E-state index >= 15 is 0 Å². The Balaban J connectivity index is 2.73. The Morgan fingerprint density at radius 2 is 1.63 bits per heavy atom. The number of aliphatic carboxylic acids is 1. The highest BCUT2D eigenvalue weighted by Crippen LogP contribution is 2.11. The van der Waals surface area contributed by atoms with Crippen LogP contribution in [0.25, 0.3) is 0 Å². The van der Waals surface area contributed by atoms with E-state index in [1.165, 1.54) is 12.1 Å². The van der Waals surface area contributed by atoms with E-state index in [0.717, 1.165) is 0 Å². The number of hydrogen-bond donors (Lipinski definition) is 6. The monoisotopic (exact) mass is 397 g/mol. The third-order valence-corrected chi connectivity index (χ3v) is 4.23. The quantitative estimate of drug-likeness (QED) is 0.314. The summed E-state index contributed by atoms with van der Waals surface area (Å²) in [6.07, 6.45) is 0.493. The van der Waals surface area contributed by atoms with Gasteiger partial charge in [0.25, 0.3) is 0 Å². The number of rotatable bonds is 10. The Labute approximate surface area is 163 Å². The normalized spacial score (nSPS) is 14.3. The molecule has 0 saturated heterocycles. The lowest BCUT2D eigenvalue weighted by Crippen LogP contribution is -2.55. The minimum Gasteiger partial charge on any atom is -0.508 e. The molecule has 1 rings (SSSR count). The average molecular weight is 397 g/mol. The first-order valence-corrected chi connectivity index (χ1v) is 9.25. The summed E-state index contributed by atoms with van der Waals surface area (Å²) in [5.74, 6) is -2.07. The third-order valence-electron chi connectivity index (χ3n) is 3.87. The molecule has 0 aliphatic rings. The zero-order chi connectivity index (χ0) is 20.6. The Kier molecular flexibility index (Phi) is 9.10. The summed E-state index contributed by atoms with van der Waals surface area (Å²) in [6, 6.07) is 3.06. The topological polar surface area (TPSA) is 142 Å². The number of hydrogen-bond acceptors (Lipinski definition) is 6. The second kappa shape index (κ2) is 10.8. The van der Waals surface area contributed by atoms with E-state index in [-0.39, 0.29) is 23.8 Å². The molecule has 0 bridgehead atoms. The van der Waals surface area contributed by atoms with Crippen LogP contribution < -0.4 is 16.4 Å². The van der Waals surface area contributed by atoms with Crippen molar-refractivity contribution >= 4 is 30.4 Å². The van der Waals surface area contributed by atoms with Gasteiger partial charge in [0.05, 0.1) is 6.04 Å². The fraction of sp³-hybridized carbons (Fsp3) is 0.500. The highest BCUT2D eigenvalue weighted by Gasteiger charge is 2.27.